The molecule has 3 rings (SSSR count). The lowest BCUT2D eigenvalue weighted by Gasteiger charge is -2.37. The molecule has 1 amide bonds. The summed E-state index contributed by atoms with van der Waals surface area (Å²) in [4.78, 5) is 29.7. The molecule has 5 nitrogen and oxygen atoms in total. The molecule has 148 valence electrons. The minimum atomic E-state index is -0.462. The van der Waals surface area contributed by atoms with Crippen LogP contribution in [0.5, 0.6) is 5.75 Å². The summed E-state index contributed by atoms with van der Waals surface area (Å²) in [6.07, 6.45) is 4.65. The van der Waals surface area contributed by atoms with Crippen molar-refractivity contribution in [2.45, 2.75) is 59.0 Å². The highest BCUT2D eigenvalue weighted by Crippen LogP contribution is 2.36. The van der Waals surface area contributed by atoms with Gasteiger partial charge in [-0.3, -0.25) is 9.59 Å². The van der Waals surface area contributed by atoms with Crippen molar-refractivity contribution in [3.63, 3.8) is 0 Å². The third-order valence-electron chi connectivity index (χ3n) is 5.51. The molecule has 0 bridgehead atoms. The predicted molar refractivity (Wildman–Crippen MR) is 108 cm³/mol. The number of piperidine rings is 1. The highest BCUT2D eigenvalue weighted by molar-refractivity contribution is 6.03. The minimum Gasteiger partial charge on any atom is -0.478 e. The van der Waals surface area contributed by atoms with Crippen LogP contribution in [0.4, 0.5) is 5.69 Å². The first-order valence-corrected chi connectivity index (χ1v) is 10.4. The Morgan fingerprint density at radius 1 is 1.19 bits per heavy atom. The van der Waals surface area contributed by atoms with Gasteiger partial charge in [0, 0.05) is 25.1 Å². The molecule has 1 saturated heterocycles. The second-order valence-corrected chi connectivity index (χ2v) is 8.03. The summed E-state index contributed by atoms with van der Waals surface area (Å²) in [5.74, 6) is 0.939. The quantitative estimate of drug-likeness (QED) is 0.681. The number of carbonyl (C=O) groups is 2. The Morgan fingerprint density at radius 3 is 2.59 bits per heavy atom. The molecule has 0 aromatic heterocycles. The lowest BCUT2D eigenvalue weighted by molar-refractivity contribution is -0.128. The molecule has 0 spiro atoms. The van der Waals surface area contributed by atoms with Crippen LogP contribution in [0, 0.1) is 5.92 Å². The minimum absolute atomic E-state index is 0.00889. The zero-order chi connectivity index (χ0) is 19.4. The molecule has 1 aromatic rings. The number of ketones is 1. The number of carbonyl (C=O) groups excluding carboxylic acids is 2. The average Bonchev–Trinajstić information content (AvgIpc) is 2.67. The molecule has 27 heavy (non-hydrogen) atoms. The van der Waals surface area contributed by atoms with E-state index in [0.29, 0.717) is 24.3 Å². The first kappa shape index (κ1) is 19.9. The summed E-state index contributed by atoms with van der Waals surface area (Å²) in [5, 5.41) is 0. The summed E-state index contributed by atoms with van der Waals surface area (Å²) in [6.45, 7) is 9.74. The van der Waals surface area contributed by atoms with Gasteiger partial charge in [-0.2, -0.15) is 0 Å². The Hall–Kier alpha value is -1.88. The maximum absolute atomic E-state index is 13.1. The van der Waals surface area contributed by atoms with Crippen molar-refractivity contribution in [3.05, 3.63) is 23.8 Å². The average molecular weight is 373 g/mol. The first-order valence-electron chi connectivity index (χ1n) is 10.4. The highest BCUT2D eigenvalue weighted by Gasteiger charge is 2.36. The second-order valence-electron chi connectivity index (χ2n) is 8.03. The second kappa shape index (κ2) is 8.87. The molecule has 0 radical (unpaired) electrons. The van der Waals surface area contributed by atoms with Gasteiger partial charge < -0.3 is 14.5 Å². The number of rotatable bonds is 7. The molecule has 1 atom stereocenters. The van der Waals surface area contributed by atoms with Crippen LogP contribution in [0.1, 0.15) is 63.2 Å². The zero-order valence-electron chi connectivity index (χ0n) is 16.9. The van der Waals surface area contributed by atoms with Crippen molar-refractivity contribution in [1.82, 2.24) is 4.90 Å². The van der Waals surface area contributed by atoms with Gasteiger partial charge in [0.2, 0.25) is 0 Å². The Bertz CT molecular complexity index is 680. The summed E-state index contributed by atoms with van der Waals surface area (Å²) in [6, 6.07) is 5.53. The molecule has 2 aliphatic rings. The van der Waals surface area contributed by atoms with E-state index in [4.69, 9.17) is 4.74 Å². The monoisotopic (exact) mass is 372 g/mol. The van der Waals surface area contributed by atoms with E-state index < -0.39 is 6.10 Å². The number of fused-ring (bicyclic) bond motifs is 1. The largest absolute Gasteiger partial charge is 0.478 e. The fraction of sp³-hybridized carbons (Fsp3) is 0.636. The van der Waals surface area contributed by atoms with E-state index in [0.717, 1.165) is 31.7 Å². The number of hydrogen-bond donors (Lipinski definition) is 0. The molecule has 2 aliphatic heterocycles. The fourth-order valence-electron chi connectivity index (χ4n) is 3.91. The fourth-order valence-corrected chi connectivity index (χ4v) is 3.91. The summed E-state index contributed by atoms with van der Waals surface area (Å²) in [5.41, 5.74) is 1.41. The topological polar surface area (TPSA) is 49.9 Å². The molecular formula is C22H32N2O3. The molecule has 5 heteroatoms. The SMILES string of the molecule is CCCC(=O)c1ccc2c(c1)N(CCN1CCCCC1)C(=O)C(C(C)C)O2. The molecule has 1 unspecified atom stereocenters. The summed E-state index contributed by atoms with van der Waals surface area (Å²) >= 11 is 0. The van der Waals surface area contributed by atoms with E-state index in [1.165, 1.54) is 19.3 Å². The number of amides is 1. The Morgan fingerprint density at radius 2 is 1.93 bits per heavy atom. The van der Waals surface area contributed by atoms with Crippen LogP contribution in [0.25, 0.3) is 0 Å². The van der Waals surface area contributed by atoms with Crippen molar-refractivity contribution >= 4 is 17.4 Å². The molecule has 0 N–H and O–H groups in total. The maximum Gasteiger partial charge on any atom is 0.268 e. The van der Waals surface area contributed by atoms with Crippen LogP contribution in [-0.2, 0) is 4.79 Å². The van der Waals surface area contributed by atoms with Gasteiger partial charge in [-0.1, -0.05) is 27.2 Å². The van der Waals surface area contributed by atoms with E-state index in [1.807, 2.05) is 43.9 Å². The number of anilines is 1. The number of hydrogen-bond acceptors (Lipinski definition) is 4. The first-order chi connectivity index (χ1) is 13.0. The Kier molecular flexibility index (Phi) is 6.53. The van der Waals surface area contributed by atoms with E-state index in [9.17, 15) is 9.59 Å². The lowest BCUT2D eigenvalue weighted by atomic mass is 10.0. The van der Waals surface area contributed by atoms with Crippen molar-refractivity contribution < 1.29 is 14.3 Å². The number of benzene rings is 1. The molecule has 1 aromatic carbocycles. The third-order valence-corrected chi connectivity index (χ3v) is 5.51. The van der Waals surface area contributed by atoms with Gasteiger partial charge in [0.1, 0.15) is 5.75 Å². The number of Topliss-reactive ketones (excluding diaryl/α,β-unsaturated/α-hetero) is 1. The molecule has 2 heterocycles. The standard InChI is InChI=1S/C22H32N2O3/c1-4-8-19(25)17-9-10-20-18(15-17)24(22(26)21(27-20)16(2)3)14-13-23-11-6-5-7-12-23/h9-10,15-16,21H,4-8,11-14H2,1-3H3. The number of likely N-dealkylation sites (tertiary alicyclic amines) is 1. The van der Waals surface area contributed by atoms with Crippen molar-refractivity contribution in [2.24, 2.45) is 5.92 Å². The van der Waals surface area contributed by atoms with E-state index in [1.54, 1.807) is 0 Å². The van der Waals surface area contributed by atoms with Gasteiger partial charge in [0.15, 0.2) is 11.9 Å². The van der Waals surface area contributed by atoms with Crippen LogP contribution in [-0.4, -0.2) is 48.9 Å². The summed E-state index contributed by atoms with van der Waals surface area (Å²) in [7, 11) is 0. The molecular weight excluding hydrogens is 340 g/mol. The van der Waals surface area contributed by atoms with Crippen LogP contribution in [0.15, 0.2) is 18.2 Å². The van der Waals surface area contributed by atoms with Crippen molar-refractivity contribution in [2.75, 3.05) is 31.1 Å². The van der Waals surface area contributed by atoms with Crippen molar-refractivity contribution in [1.29, 1.82) is 0 Å². The molecule has 0 aliphatic carbocycles. The smallest absolute Gasteiger partial charge is 0.268 e. The third kappa shape index (κ3) is 4.52. The van der Waals surface area contributed by atoms with Crippen LogP contribution >= 0.6 is 0 Å². The molecule has 0 saturated carbocycles. The number of nitrogens with zero attached hydrogens (tertiary/aromatic N) is 2. The van der Waals surface area contributed by atoms with Gasteiger partial charge in [-0.15, -0.1) is 0 Å². The zero-order valence-corrected chi connectivity index (χ0v) is 16.9. The van der Waals surface area contributed by atoms with Crippen LogP contribution in [0.2, 0.25) is 0 Å². The lowest BCUT2D eigenvalue weighted by Crippen LogP contribution is -2.50. The maximum atomic E-state index is 13.1. The van der Waals surface area contributed by atoms with E-state index >= 15 is 0 Å². The predicted octanol–water partition coefficient (Wildman–Crippen LogP) is 3.91. The van der Waals surface area contributed by atoms with Crippen molar-refractivity contribution in [3.8, 4) is 5.75 Å². The van der Waals surface area contributed by atoms with Gasteiger partial charge in [0.05, 0.1) is 5.69 Å². The number of ether oxygens (including phenoxy) is 1. The normalized spacial score (nSPS) is 20.5. The Labute approximate surface area is 162 Å². The van der Waals surface area contributed by atoms with Gasteiger partial charge in [-0.25, -0.2) is 0 Å². The van der Waals surface area contributed by atoms with E-state index in [-0.39, 0.29) is 17.6 Å². The highest BCUT2D eigenvalue weighted by atomic mass is 16.5. The van der Waals surface area contributed by atoms with E-state index in [2.05, 4.69) is 4.90 Å². The van der Waals surface area contributed by atoms with Crippen LogP contribution in [0.3, 0.4) is 0 Å². The Balaban J connectivity index is 1.85. The van der Waals surface area contributed by atoms with Crippen LogP contribution < -0.4 is 9.64 Å². The van der Waals surface area contributed by atoms with Gasteiger partial charge >= 0.3 is 0 Å². The summed E-state index contributed by atoms with van der Waals surface area (Å²) < 4.78 is 6.01. The van der Waals surface area contributed by atoms with Gasteiger partial charge in [-0.05, 0) is 56.5 Å². The molecule has 1 fully saturated rings. The van der Waals surface area contributed by atoms with Gasteiger partial charge in [0.25, 0.3) is 5.91 Å².